The maximum atomic E-state index is 13.1. The van der Waals surface area contributed by atoms with E-state index in [1.807, 2.05) is 37.2 Å². The van der Waals surface area contributed by atoms with Crippen molar-refractivity contribution in [3.05, 3.63) is 29.7 Å². The smallest absolute Gasteiger partial charge is 0.323 e. The largest absolute Gasteiger partial charge is 0.489 e. The number of hydrogen-bond acceptors (Lipinski definition) is 6. The van der Waals surface area contributed by atoms with Gasteiger partial charge >= 0.3 is 5.97 Å². The highest BCUT2D eigenvalue weighted by Crippen LogP contribution is 2.27. The maximum Gasteiger partial charge on any atom is 0.323 e. The summed E-state index contributed by atoms with van der Waals surface area (Å²) in [6.07, 6.45) is 8.67. The number of amides is 1. The average Bonchev–Trinajstić information content (AvgIpc) is 3.31. The first kappa shape index (κ1) is 21.6. The van der Waals surface area contributed by atoms with Crippen LogP contribution in [0.3, 0.4) is 0 Å². The summed E-state index contributed by atoms with van der Waals surface area (Å²) in [5.74, 6) is 0.833. The van der Waals surface area contributed by atoms with Crippen LogP contribution >= 0.6 is 0 Å². The van der Waals surface area contributed by atoms with Gasteiger partial charge in [0.1, 0.15) is 11.7 Å². The molecule has 2 aromatic heterocycles. The van der Waals surface area contributed by atoms with E-state index in [-0.39, 0.29) is 24.0 Å². The first-order valence-electron chi connectivity index (χ1n) is 11.2. The fourth-order valence-electron chi connectivity index (χ4n) is 4.87. The van der Waals surface area contributed by atoms with E-state index >= 15 is 0 Å². The quantitative estimate of drug-likeness (QED) is 0.712. The summed E-state index contributed by atoms with van der Waals surface area (Å²) in [5, 5.41) is 3.07. The van der Waals surface area contributed by atoms with Crippen molar-refractivity contribution in [2.45, 2.75) is 57.5 Å². The Morgan fingerprint density at radius 1 is 1.26 bits per heavy atom. The molecule has 4 rings (SSSR count). The highest BCUT2D eigenvalue weighted by Gasteiger charge is 2.36. The minimum absolute atomic E-state index is 0.128. The predicted molar refractivity (Wildman–Crippen MR) is 116 cm³/mol. The Bertz CT molecular complexity index is 950. The highest BCUT2D eigenvalue weighted by atomic mass is 16.5. The molecule has 3 heterocycles. The molecular formula is C23H32N4O4. The van der Waals surface area contributed by atoms with Crippen LogP contribution in [0.5, 0.6) is 5.75 Å². The number of fused-ring (bicyclic) bond motifs is 1. The van der Waals surface area contributed by atoms with Crippen molar-refractivity contribution < 1.29 is 19.1 Å². The number of likely N-dealkylation sites (N-methyl/N-ethyl adjacent to an activating group) is 1. The molecule has 31 heavy (non-hydrogen) atoms. The van der Waals surface area contributed by atoms with Crippen LogP contribution in [0.25, 0.3) is 5.65 Å². The van der Waals surface area contributed by atoms with E-state index in [0.717, 1.165) is 0 Å². The minimum atomic E-state index is -0.335. The van der Waals surface area contributed by atoms with Gasteiger partial charge in [0.15, 0.2) is 11.4 Å². The van der Waals surface area contributed by atoms with Crippen LogP contribution in [0.4, 0.5) is 0 Å². The van der Waals surface area contributed by atoms with Crippen molar-refractivity contribution in [1.29, 1.82) is 0 Å². The third-order valence-corrected chi connectivity index (χ3v) is 6.56. The summed E-state index contributed by atoms with van der Waals surface area (Å²) in [7, 11) is 3.25. The summed E-state index contributed by atoms with van der Waals surface area (Å²) in [5.41, 5.74) is 1.82. The number of nitrogens with zero attached hydrogens (tertiary/aromatic N) is 3. The first-order valence-corrected chi connectivity index (χ1v) is 11.2. The Kier molecular flexibility index (Phi) is 6.46. The number of ether oxygens (including phenoxy) is 2. The van der Waals surface area contributed by atoms with Crippen molar-refractivity contribution in [2.75, 3.05) is 27.3 Å². The van der Waals surface area contributed by atoms with Crippen molar-refractivity contribution in [3.8, 4) is 5.75 Å². The molecule has 1 saturated heterocycles. The van der Waals surface area contributed by atoms with Gasteiger partial charge in [-0.3, -0.25) is 18.9 Å². The SMILES string of the molecule is COC(=O)[C@@H]1C[C@H](NC(=O)c2c(C)nc3c(OCC4CCCCC4)cccn23)CN1C. The van der Waals surface area contributed by atoms with Gasteiger partial charge in [-0.2, -0.15) is 0 Å². The van der Waals surface area contributed by atoms with Gasteiger partial charge in [0, 0.05) is 18.8 Å². The molecule has 8 nitrogen and oxygen atoms in total. The van der Waals surface area contributed by atoms with Crippen LogP contribution in [0.2, 0.25) is 0 Å². The molecule has 2 aliphatic rings. The molecule has 1 saturated carbocycles. The number of hydrogen-bond donors (Lipinski definition) is 1. The molecule has 1 aliphatic heterocycles. The van der Waals surface area contributed by atoms with Gasteiger partial charge in [-0.1, -0.05) is 19.3 Å². The average molecular weight is 429 g/mol. The van der Waals surface area contributed by atoms with E-state index in [9.17, 15) is 9.59 Å². The van der Waals surface area contributed by atoms with Gasteiger partial charge in [0.2, 0.25) is 0 Å². The Labute approximate surface area is 182 Å². The molecule has 1 amide bonds. The van der Waals surface area contributed by atoms with Gasteiger partial charge in [-0.05, 0) is 51.3 Å². The molecule has 1 aliphatic carbocycles. The van der Waals surface area contributed by atoms with Crippen molar-refractivity contribution in [2.24, 2.45) is 5.92 Å². The minimum Gasteiger partial charge on any atom is -0.489 e. The second-order valence-electron chi connectivity index (χ2n) is 8.81. The lowest BCUT2D eigenvalue weighted by molar-refractivity contribution is -0.145. The van der Waals surface area contributed by atoms with Gasteiger partial charge < -0.3 is 14.8 Å². The van der Waals surface area contributed by atoms with Crippen LogP contribution in [0, 0.1) is 12.8 Å². The number of aromatic nitrogens is 2. The number of carbonyl (C=O) groups excluding carboxylic acids is 2. The van der Waals surface area contributed by atoms with E-state index in [0.29, 0.717) is 48.3 Å². The van der Waals surface area contributed by atoms with Crippen molar-refractivity contribution in [3.63, 3.8) is 0 Å². The van der Waals surface area contributed by atoms with Crippen LogP contribution < -0.4 is 10.1 Å². The van der Waals surface area contributed by atoms with E-state index in [1.165, 1.54) is 39.2 Å². The molecule has 2 atom stereocenters. The zero-order valence-corrected chi connectivity index (χ0v) is 18.6. The zero-order chi connectivity index (χ0) is 22.0. The first-order chi connectivity index (χ1) is 15.0. The number of pyridine rings is 1. The number of esters is 1. The Balaban J connectivity index is 1.48. The van der Waals surface area contributed by atoms with Crippen LogP contribution in [0.1, 0.15) is 54.7 Å². The summed E-state index contributed by atoms with van der Waals surface area (Å²) in [4.78, 5) is 31.6. The Hall–Kier alpha value is -2.61. The fraction of sp³-hybridized carbons (Fsp3) is 0.609. The van der Waals surface area contributed by atoms with Crippen molar-refractivity contribution in [1.82, 2.24) is 19.6 Å². The van der Waals surface area contributed by atoms with Crippen molar-refractivity contribution >= 4 is 17.5 Å². The molecule has 0 unspecified atom stereocenters. The lowest BCUT2D eigenvalue weighted by Crippen LogP contribution is -2.37. The Morgan fingerprint density at radius 3 is 2.77 bits per heavy atom. The second-order valence-corrected chi connectivity index (χ2v) is 8.81. The molecule has 0 radical (unpaired) electrons. The van der Waals surface area contributed by atoms with Crippen LogP contribution in [-0.4, -0.2) is 65.6 Å². The summed E-state index contributed by atoms with van der Waals surface area (Å²) in [6.45, 7) is 3.12. The number of carbonyl (C=O) groups is 2. The van der Waals surface area contributed by atoms with Gasteiger partial charge in [0.25, 0.3) is 5.91 Å². The molecule has 2 aromatic rings. The molecular weight excluding hydrogens is 396 g/mol. The Morgan fingerprint density at radius 2 is 2.03 bits per heavy atom. The molecule has 8 heteroatoms. The maximum absolute atomic E-state index is 13.1. The summed E-state index contributed by atoms with van der Waals surface area (Å²) < 4.78 is 12.8. The molecule has 168 valence electrons. The van der Waals surface area contributed by atoms with Crippen LogP contribution in [0.15, 0.2) is 18.3 Å². The topological polar surface area (TPSA) is 85.2 Å². The lowest BCUT2D eigenvalue weighted by atomic mass is 9.90. The molecule has 2 fully saturated rings. The standard InChI is InChI=1S/C23H32N4O4/c1-15-20(22(28)25-17-12-18(23(29)30-3)26(2)13-17)27-11-7-10-19(21(27)24-15)31-14-16-8-5-4-6-9-16/h7,10-11,16-18H,4-6,8-9,12-14H2,1-3H3,(H,25,28)/t17-,18-/m0/s1. The molecule has 1 N–H and O–H groups in total. The monoisotopic (exact) mass is 428 g/mol. The number of likely N-dealkylation sites (tertiary alicyclic amines) is 1. The second kappa shape index (κ2) is 9.26. The van der Waals surface area contributed by atoms with Crippen LogP contribution in [-0.2, 0) is 9.53 Å². The van der Waals surface area contributed by atoms with Gasteiger partial charge in [-0.25, -0.2) is 4.98 Å². The number of imidazole rings is 1. The third kappa shape index (κ3) is 4.54. The van der Waals surface area contributed by atoms with E-state index in [1.54, 1.807) is 4.40 Å². The third-order valence-electron chi connectivity index (χ3n) is 6.56. The summed E-state index contributed by atoms with van der Waals surface area (Å²) >= 11 is 0. The van der Waals surface area contributed by atoms with E-state index < -0.39 is 0 Å². The molecule has 0 aromatic carbocycles. The fourth-order valence-corrected chi connectivity index (χ4v) is 4.87. The molecule has 0 bridgehead atoms. The van der Waals surface area contributed by atoms with E-state index in [4.69, 9.17) is 9.47 Å². The number of nitrogens with one attached hydrogen (secondary N) is 1. The predicted octanol–water partition coefficient (Wildman–Crippen LogP) is 2.58. The van der Waals surface area contributed by atoms with E-state index in [2.05, 4.69) is 10.3 Å². The number of aryl methyl sites for hydroxylation is 1. The summed E-state index contributed by atoms with van der Waals surface area (Å²) in [6, 6.07) is 3.34. The number of methoxy groups -OCH3 is 1. The number of rotatable bonds is 6. The van der Waals surface area contributed by atoms with Gasteiger partial charge in [-0.15, -0.1) is 0 Å². The lowest BCUT2D eigenvalue weighted by Gasteiger charge is -2.21. The highest BCUT2D eigenvalue weighted by molar-refractivity contribution is 5.95. The molecule has 0 spiro atoms. The normalized spacial score (nSPS) is 22.5. The van der Waals surface area contributed by atoms with Gasteiger partial charge in [0.05, 0.1) is 19.4 Å². The zero-order valence-electron chi connectivity index (χ0n) is 18.6.